The monoisotopic (exact) mass is 445 g/mol. The molecule has 0 aromatic heterocycles. The Bertz CT molecular complexity index is 961. The third kappa shape index (κ3) is 6.30. The van der Waals surface area contributed by atoms with Crippen molar-refractivity contribution in [1.29, 1.82) is 0 Å². The van der Waals surface area contributed by atoms with E-state index < -0.39 is 0 Å². The summed E-state index contributed by atoms with van der Waals surface area (Å²) in [5.74, 6) is 2.26. The van der Waals surface area contributed by atoms with Gasteiger partial charge in [0.2, 0.25) is 0 Å². The predicted octanol–water partition coefficient (Wildman–Crippen LogP) is 5.92. The molecule has 0 radical (unpaired) electrons. The van der Waals surface area contributed by atoms with Crippen LogP contribution < -0.4 is 19.5 Å². The molecule has 0 spiro atoms. The van der Waals surface area contributed by atoms with Gasteiger partial charge in [-0.05, 0) is 66.1 Å². The molecule has 0 heterocycles. The van der Waals surface area contributed by atoms with Crippen molar-refractivity contribution >= 4 is 23.2 Å². The van der Waals surface area contributed by atoms with Gasteiger partial charge in [0.15, 0.2) is 11.5 Å². The maximum absolute atomic E-state index is 6.06. The molecule has 3 aromatic carbocycles. The van der Waals surface area contributed by atoms with Crippen molar-refractivity contribution in [2.45, 2.75) is 19.6 Å². The summed E-state index contributed by atoms with van der Waals surface area (Å²) in [5, 5.41) is 4.51. The van der Waals surface area contributed by atoms with E-state index in [0.29, 0.717) is 28.2 Å². The van der Waals surface area contributed by atoms with Gasteiger partial charge in [-0.1, -0.05) is 47.5 Å². The minimum atomic E-state index is 0.382. The molecule has 0 amide bonds. The molecule has 0 unspecified atom stereocenters. The van der Waals surface area contributed by atoms with Crippen molar-refractivity contribution in [2.24, 2.45) is 0 Å². The summed E-state index contributed by atoms with van der Waals surface area (Å²) in [4.78, 5) is 0. The number of rotatable bonds is 10. The minimum Gasteiger partial charge on any atom is -0.497 e. The van der Waals surface area contributed by atoms with Gasteiger partial charge in [0.05, 0.1) is 24.3 Å². The highest BCUT2D eigenvalue weighted by molar-refractivity contribution is 6.42. The maximum atomic E-state index is 6.06. The summed E-state index contributed by atoms with van der Waals surface area (Å²) in [6, 6.07) is 19.6. The molecule has 0 saturated heterocycles. The molecule has 3 rings (SSSR count). The van der Waals surface area contributed by atoms with Gasteiger partial charge in [-0.15, -0.1) is 0 Å². The molecular formula is C24H25Cl2NO3. The number of benzene rings is 3. The zero-order valence-electron chi connectivity index (χ0n) is 17.1. The van der Waals surface area contributed by atoms with Crippen LogP contribution in [0.15, 0.2) is 60.7 Å². The number of methoxy groups -OCH3 is 2. The summed E-state index contributed by atoms with van der Waals surface area (Å²) >= 11 is 12.0. The molecular weight excluding hydrogens is 421 g/mol. The summed E-state index contributed by atoms with van der Waals surface area (Å²) in [7, 11) is 3.32. The zero-order valence-corrected chi connectivity index (χ0v) is 18.6. The third-order valence-corrected chi connectivity index (χ3v) is 5.42. The van der Waals surface area contributed by atoms with Crippen molar-refractivity contribution in [2.75, 3.05) is 20.8 Å². The van der Waals surface area contributed by atoms with E-state index in [1.807, 2.05) is 36.4 Å². The van der Waals surface area contributed by atoms with Gasteiger partial charge < -0.3 is 19.5 Å². The van der Waals surface area contributed by atoms with Crippen molar-refractivity contribution in [1.82, 2.24) is 5.32 Å². The molecule has 30 heavy (non-hydrogen) atoms. The van der Waals surface area contributed by atoms with E-state index in [1.54, 1.807) is 26.4 Å². The Morgan fingerprint density at radius 1 is 0.733 bits per heavy atom. The van der Waals surface area contributed by atoms with Crippen LogP contribution in [0.5, 0.6) is 17.2 Å². The van der Waals surface area contributed by atoms with E-state index in [4.69, 9.17) is 37.4 Å². The molecule has 158 valence electrons. The van der Waals surface area contributed by atoms with Crippen LogP contribution in [0.1, 0.15) is 16.7 Å². The lowest BCUT2D eigenvalue weighted by Crippen LogP contribution is -2.16. The Balaban J connectivity index is 1.50. The largest absolute Gasteiger partial charge is 0.497 e. The van der Waals surface area contributed by atoms with Crippen LogP contribution in [-0.4, -0.2) is 20.8 Å². The second-order valence-electron chi connectivity index (χ2n) is 6.80. The van der Waals surface area contributed by atoms with E-state index >= 15 is 0 Å². The van der Waals surface area contributed by atoms with E-state index in [0.717, 1.165) is 36.4 Å². The zero-order chi connectivity index (χ0) is 21.3. The molecule has 4 nitrogen and oxygen atoms in total. The fourth-order valence-electron chi connectivity index (χ4n) is 2.99. The molecule has 0 bridgehead atoms. The second-order valence-corrected chi connectivity index (χ2v) is 7.61. The highest BCUT2D eigenvalue weighted by Gasteiger charge is 2.07. The van der Waals surface area contributed by atoms with Gasteiger partial charge in [-0.2, -0.15) is 0 Å². The Morgan fingerprint density at radius 2 is 1.47 bits per heavy atom. The Morgan fingerprint density at radius 3 is 2.17 bits per heavy atom. The number of hydrogen-bond acceptors (Lipinski definition) is 4. The van der Waals surface area contributed by atoms with Crippen LogP contribution in [0.3, 0.4) is 0 Å². The van der Waals surface area contributed by atoms with Crippen molar-refractivity contribution < 1.29 is 14.2 Å². The van der Waals surface area contributed by atoms with Crippen molar-refractivity contribution in [3.8, 4) is 17.2 Å². The fraction of sp³-hybridized carbons (Fsp3) is 0.250. The fourth-order valence-corrected chi connectivity index (χ4v) is 3.31. The first kappa shape index (κ1) is 22.3. The maximum Gasteiger partial charge on any atom is 0.161 e. The smallest absolute Gasteiger partial charge is 0.161 e. The number of ether oxygens (including phenoxy) is 3. The van der Waals surface area contributed by atoms with Gasteiger partial charge in [0.1, 0.15) is 12.4 Å². The van der Waals surface area contributed by atoms with Crippen LogP contribution in [0, 0.1) is 0 Å². The molecule has 0 saturated carbocycles. The van der Waals surface area contributed by atoms with Crippen LogP contribution in [0.2, 0.25) is 10.0 Å². The standard InChI is InChI=1S/C24H25Cl2NO3/c1-28-20-7-3-17(4-8-20)11-12-27-15-18-6-10-23(24(14-18)29-2)30-16-19-5-9-21(25)22(26)13-19/h3-10,13-14,27H,11-12,15-16H2,1-2H3. The number of halogens is 2. The van der Waals surface area contributed by atoms with Gasteiger partial charge in [-0.25, -0.2) is 0 Å². The average Bonchev–Trinajstić information content (AvgIpc) is 2.78. The molecule has 0 fully saturated rings. The summed E-state index contributed by atoms with van der Waals surface area (Å²) in [5.41, 5.74) is 3.34. The van der Waals surface area contributed by atoms with Crippen LogP contribution >= 0.6 is 23.2 Å². The quantitative estimate of drug-likeness (QED) is 0.393. The molecule has 0 atom stereocenters. The first-order valence-corrected chi connectivity index (χ1v) is 10.4. The molecule has 0 aliphatic heterocycles. The first-order chi connectivity index (χ1) is 14.6. The molecule has 3 aromatic rings. The Labute approximate surface area is 187 Å². The number of nitrogens with one attached hydrogen (secondary N) is 1. The minimum absolute atomic E-state index is 0.382. The lowest BCUT2D eigenvalue weighted by atomic mass is 10.1. The topological polar surface area (TPSA) is 39.7 Å². The highest BCUT2D eigenvalue weighted by Crippen LogP contribution is 2.30. The van der Waals surface area contributed by atoms with Gasteiger partial charge in [-0.3, -0.25) is 0 Å². The van der Waals surface area contributed by atoms with Crippen molar-refractivity contribution in [3.05, 3.63) is 87.4 Å². The second kappa shape index (κ2) is 11.1. The van der Waals surface area contributed by atoms with Gasteiger partial charge >= 0.3 is 0 Å². The van der Waals surface area contributed by atoms with E-state index in [-0.39, 0.29) is 0 Å². The average molecular weight is 446 g/mol. The van der Waals surface area contributed by atoms with E-state index in [1.165, 1.54) is 5.56 Å². The van der Waals surface area contributed by atoms with E-state index in [2.05, 4.69) is 17.4 Å². The third-order valence-electron chi connectivity index (χ3n) is 4.69. The summed E-state index contributed by atoms with van der Waals surface area (Å²) < 4.78 is 16.6. The Kier molecular flexibility index (Phi) is 8.26. The predicted molar refractivity (Wildman–Crippen MR) is 122 cm³/mol. The summed E-state index contributed by atoms with van der Waals surface area (Å²) in [6.45, 7) is 2.01. The van der Waals surface area contributed by atoms with Gasteiger partial charge in [0, 0.05) is 6.54 Å². The molecule has 0 aliphatic rings. The Hall–Kier alpha value is -2.40. The SMILES string of the molecule is COc1ccc(CCNCc2ccc(OCc3ccc(Cl)c(Cl)c3)c(OC)c2)cc1. The van der Waals surface area contributed by atoms with Crippen LogP contribution in [0.25, 0.3) is 0 Å². The van der Waals surface area contributed by atoms with Gasteiger partial charge in [0.25, 0.3) is 0 Å². The summed E-state index contributed by atoms with van der Waals surface area (Å²) in [6.07, 6.45) is 0.950. The normalized spacial score (nSPS) is 10.7. The molecule has 1 N–H and O–H groups in total. The first-order valence-electron chi connectivity index (χ1n) is 9.66. The van der Waals surface area contributed by atoms with Crippen LogP contribution in [0.4, 0.5) is 0 Å². The lowest BCUT2D eigenvalue weighted by molar-refractivity contribution is 0.284. The van der Waals surface area contributed by atoms with Crippen LogP contribution in [-0.2, 0) is 19.6 Å². The molecule has 0 aliphatic carbocycles. The number of hydrogen-bond donors (Lipinski definition) is 1. The lowest BCUT2D eigenvalue weighted by Gasteiger charge is -2.13. The highest BCUT2D eigenvalue weighted by atomic mass is 35.5. The van der Waals surface area contributed by atoms with E-state index in [9.17, 15) is 0 Å². The molecule has 6 heteroatoms. The van der Waals surface area contributed by atoms with Crippen molar-refractivity contribution in [3.63, 3.8) is 0 Å².